The zero-order valence-electron chi connectivity index (χ0n) is 21.6. The maximum atomic E-state index is 13.4. The summed E-state index contributed by atoms with van der Waals surface area (Å²) in [5.41, 5.74) is -0.208. The van der Waals surface area contributed by atoms with Crippen molar-refractivity contribution < 1.29 is 23.9 Å². The number of rotatable bonds is 7. The monoisotopic (exact) mass is 467 g/mol. The third kappa shape index (κ3) is 4.85. The summed E-state index contributed by atoms with van der Waals surface area (Å²) in [5.74, 6) is -0.908. The van der Waals surface area contributed by atoms with Gasteiger partial charge >= 0.3 is 6.09 Å². The molecule has 4 atom stereocenters. The van der Waals surface area contributed by atoms with Crippen LogP contribution in [-0.4, -0.2) is 53.7 Å². The highest BCUT2D eigenvalue weighted by Crippen LogP contribution is 2.51. The van der Waals surface area contributed by atoms with Gasteiger partial charge in [-0.05, 0) is 63.1 Å². The first-order valence-electron chi connectivity index (χ1n) is 12.2. The number of carbonyl (C=O) groups is 2. The molecule has 2 rings (SSSR count). The smallest absolute Gasteiger partial charge is 0.417 e. The summed E-state index contributed by atoms with van der Waals surface area (Å²) in [6.45, 7) is 22.6. The van der Waals surface area contributed by atoms with E-state index in [1.807, 2.05) is 0 Å². The zero-order valence-corrected chi connectivity index (χ0v) is 22.6. The largest absolute Gasteiger partial charge is 0.443 e. The number of amides is 2. The molecule has 2 aliphatic rings. The van der Waals surface area contributed by atoms with Gasteiger partial charge in [0.05, 0.1) is 11.6 Å². The Kier molecular flexibility index (Phi) is 8.11. The van der Waals surface area contributed by atoms with Gasteiger partial charge in [0.1, 0.15) is 11.7 Å². The summed E-state index contributed by atoms with van der Waals surface area (Å²) in [4.78, 5) is 27.6. The Bertz CT molecular complexity index is 692. The molecule has 0 unspecified atom stereocenters. The molecule has 0 spiro atoms. The average molecular weight is 468 g/mol. The normalized spacial score (nSPS) is 29.1. The molecule has 1 saturated carbocycles. The molecule has 2 bridgehead atoms. The lowest BCUT2D eigenvalue weighted by Crippen LogP contribution is -2.69. The van der Waals surface area contributed by atoms with Crippen LogP contribution in [0.3, 0.4) is 0 Å². The molecule has 184 valence electrons. The number of carbonyl (C=O) groups excluding carboxylic acids is 2. The lowest BCUT2D eigenvalue weighted by molar-refractivity contribution is -0.171. The van der Waals surface area contributed by atoms with Crippen LogP contribution in [0.2, 0.25) is 16.6 Å². The molecule has 2 fully saturated rings. The van der Waals surface area contributed by atoms with Gasteiger partial charge < -0.3 is 14.3 Å². The van der Waals surface area contributed by atoms with Gasteiger partial charge in [0.2, 0.25) is 8.32 Å². The molecule has 1 aliphatic heterocycles. The first-order chi connectivity index (χ1) is 14.6. The first kappa shape index (κ1) is 27.1. The lowest BCUT2D eigenvalue weighted by atomic mass is 9.66. The standard InChI is InChI=1S/C25H45NO5Si/c1-11-13-25-14-12-20(31-32(16(2)3,17(4)5)18(6)7)19(15-25)21(27)22(28)26(25)23(29)30-24(8,9)10/h11,16-21,27H,1,12-15H2,2-10H3/t19-,20-,21+,25-/m0/s1. The molecule has 1 saturated heterocycles. The van der Waals surface area contributed by atoms with E-state index in [4.69, 9.17) is 9.16 Å². The summed E-state index contributed by atoms with van der Waals surface area (Å²) in [5, 5.41) is 11.1. The van der Waals surface area contributed by atoms with E-state index in [-0.39, 0.29) is 12.0 Å². The van der Waals surface area contributed by atoms with E-state index in [2.05, 4.69) is 48.1 Å². The molecule has 1 aliphatic carbocycles. The molecule has 0 aromatic rings. The van der Waals surface area contributed by atoms with E-state index in [1.165, 1.54) is 4.90 Å². The fraction of sp³-hybridized carbons (Fsp3) is 0.840. The number of aliphatic hydroxyl groups excluding tert-OH is 1. The highest BCUT2D eigenvalue weighted by atomic mass is 28.4. The third-order valence-electron chi connectivity index (χ3n) is 7.50. The van der Waals surface area contributed by atoms with E-state index < -0.39 is 37.6 Å². The van der Waals surface area contributed by atoms with Gasteiger partial charge in [0.15, 0.2) is 0 Å². The highest BCUT2D eigenvalue weighted by molar-refractivity contribution is 6.77. The van der Waals surface area contributed by atoms with Crippen LogP contribution < -0.4 is 0 Å². The van der Waals surface area contributed by atoms with Gasteiger partial charge in [-0.3, -0.25) is 4.79 Å². The summed E-state index contributed by atoms with van der Waals surface area (Å²) < 4.78 is 12.6. The minimum absolute atomic E-state index is 0.188. The second-order valence-electron chi connectivity index (χ2n) is 11.7. The molecular weight excluding hydrogens is 422 g/mol. The number of nitrogens with zero attached hydrogens (tertiary/aromatic N) is 1. The highest BCUT2D eigenvalue weighted by Gasteiger charge is 2.59. The quantitative estimate of drug-likeness (QED) is 0.378. The Labute approximate surface area is 195 Å². The second-order valence-corrected chi connectivity index (χ2v) is 17.1. The third-order valence-corrected chi connectivity index (χ3v) is 13.6. The van der Waals surface area contributed by atoms with Crippen LogP contribution >= 0.6 is 0 Å². The number of ether oxygens (including phenoxy) is 1. The summed E-state index contributed by atoms with van der Waals surface area (Å²) >= 11 is 0. The molecule has 6 nitrogen and oxygen atoms in total. The number of likely N-dealkylation sites (tertiary alicyclic amines) is 1. The van der Waals surface area contributed by atoms with Crippen LogP contribution in [-0.2, 0) is 14.0 Å². The van der Waals surface area contributed by atoms with E-state index >= 15 is 0 Å². The van der Waals surface area contributed by atoms with Crippen LogP contribution in [0.1, 0.15) is 88.0 Å². The lowest BCUT2D eigenvalue weighted by Gasteiger charge is -2.56. The van der Waals surface area contributed by atoms with E-state index in [0.717, 1.165) is 0 Å². The van der Waals surface area contributed by atoms with Crippen molar-refractivity contribution in [3.63, 3.8) is 0 Å². The van der Waals surface area contributed by atoms with Crippen molar-refractivity contribution in [3.8, 4) is 0 Å². The summed E-state index contributed by atoms with van der Waals surface area (Å²) in [6, 6.07) is 0. The van der Waals surface area contributed by atoms with Crippen LogP contribution in [0.4, 0.5) is 4.79 Å². The molecule has 0 aromatic carbocycles. The number of fused-ring (bicyclic) bond motifs is 2. The van der Waals surface area contributed by atoms with E-state index in [1.54, 1.807) is 26.8 Å². The van der Waals surface area contributed by atoms with Crippen molar-refractivity contribution >= 4 is 20.3 Å². The summed E-state index contributed by atoms with van der Waals surface area (Å²) in [6.07, 6.45) is 1.92. The molecule has 1 heterocycles. The van der Waals surface area contributed by atoms with E-state index in [9.17, 15) is 14.7 Å². The Hall–Kier alpha value is -1.18. The van der Waals surface area contributed by atoms with Gasteiger partial charge in [-0.1, -0.05) is 47.6 Å². The Morgan fingerprint density at radius 2 is 1.75 bits per heavy atom. The second kappa shape index (κ2) is 9.59. The van der Waals surface area contributed by atoms with Crippen molar-refractivity contribution in [1.29, 1.82) is 0 Å². The predicted molar refractivity (Wildman–Crippen MR) is 130 cm³/mol. The van der Waals surface area contributed by atoms with E-state index in [0.29, 0.717) is 42.3 Å². The van der Waals surface area contributed by atoms with Crippen LogP contribution in [0.15, 0.2) is 12.7 Å². The fourth-order valence-electron chi connectivity index (χ4n) is 6.32. The number of aliphatic hydroxyl groups is 1. The van der Waals surface area contributed by atoms with Crippen molar-refractivity contribution in [2.24, 2.45) is 5.92 Å². The Morgan fingerprint density at radius 1 is 1.22 bits per heavy atom. The van der Waals surface area contributed by atoms with Gasteiger partial charge in [0, 0.05) is 5.92 Å². The van der Waals surface area contributed by atoms with Crippen LogP contribution in [0.5, 0.6) is 0 Å². The molecule has 2 amide bonds. The minimum atomic E-state index is -2.18. The number of hydrogen-bond acceptors (Lipinski definition) is 5. The molecular formula is C25H45NO5Si. The Balaban J connectivity index is 2.42. The van der Waals surface area contributed by atoms with Crippen LogP contribution in [0, 0.1) is 5.92 Å². The first-order valence-corrected chi connectivity index (χ1v) is 14.3. The maximum Gasteiger partial charge on any atom is 0.417 e. The SMILES string of the molecule is C=CC[C@]12CC[C@H](O[Si](C(C)C)(C(C)C)C(C)C)[C@H](C1)[C@@H](O)C(=O)N2C(=O)OC(C)(C)C. The predicted octanol–water partition coefficient (Wildman–Crippen LogP) is 5.80. The maximum absolute atomic E-state index is 13.4. The van der Waals surface area contributed by atoms with Crippen molar-refractivity contribution in [2.75, 3.05) is 0 Å². The van der Waals surface area contributed by atoms with Gasteiger partial charge in [-0.2, -0.15) is 0 Å². The van der Waals surface area contributed by atoms with Gasteiger partial charge in [0.25, 0.3) is 5.91 Å². The molecule has 0 radical (unpaired) electrons. The number of hydrogen-bond donors (Lipinski definition) is 1. The number of imide groups is 1. The Morgan fingerprint density at radius 3 is 2.19 bits per heavy atom. The molecule has 1 N–H and O–H groups in total. The van der Waals surface area contributed by atoms with Gasteiger partial charge in [-0.25, -0.2) is 9.69 Å². The molecule has 32 heavy (non-hydrogen) atoms. The number of piperidine rings is 1. The fourth-order valence-corrected chi connectivity index (χ4v) is 12.0. The topological polar surface area (TPSA) is 76.1 Å². The molecule has 0 aromatic heterocycles. The minimum Gasteiger partial charge on any atom is -0.443 e. The van der Waals surface area contributed by atoms with Gasteiger partial charge in [-0.15, -0.1) is 6.58 Å². The average Bonchev–Trinajstić information content (AvgIpc) is 2.63. The van der Waals surface area contributed by atoms with Crippen molar-refractivity contribution in [3.05, 3.63) is 12.7 Å². The molecule has 7 heteroatoms. The van der Waals surface area contributed by atoms with Crippen molar-refractivity contribution in [2.45, 2.75) is 128 Å². The van der Waals surface area contributed by atoms with Crippen LogP contribution in [0.25, 0.3) is 0 Å². The zero-order chi connectivity index (χ0) is 24.6. The van der Waals surface area contributed by atoms with Crippen molar-refractivity contribution in [1.82, 2.24) is 4.90 Å². The summed E-state index contributed by atoms with van der Waals surface area (Å²) in [7, 11) is -2.18.